The third-order valence-electron chi connectivity index (χ3n) is 4.77. The van der Waals surface area contributed by atoms with E-state index in [0.717, 1.165) is 12.8 Å². The van der Waals surface area contributed by atoms with Gasteiger partial charge in [0.2, 0.25) is 11.7 Å². The molecular formula is C20H24FN3O4. The highest BCUT2D eigenvalue weighted by Gasteiger charge is 2.37. The van der Waals surface area contributed by atoms with Crippen LogP contribution in [0.3, 0.4) is 0 Å². The van der Waals surface area contributed by atoms with E-state index < -0.39 is 17.4 Å². The summed E-state index contributed by atoms with van der Waals surface area (Å²) in [6.45, 7) is 5.61. The van der Waals surface area contributed by atoms with Crippen LogP contribution < -0.4 is 0 Å². The van der Waals surface area contributed by atoms with Crippen molar-refractivity contribution in [2.75, 3.05) is 13.1 Å². The van der Waals surface area contributed by atoms with Crippen LogP contribution in [0.1, 0.15) is 39.5 Å². The summed E-state index contributed by atoms with van der Waals surface area (Å²) >= 11 is 0. The number of piperidine rings is 1. The number of aromatic nitrogens is 2. The molecule has 1 aliphatic rings. The van der Waals surface area contributed by atoms with Gasteiger partial charge in [-0.2, -0.15) is 4.98 Å². The minimum atomic E-state index is -1.20. The molecule has 0 N–H and O–H groups in total. The van der Waals surface area contributed by atoms with Crippen LogP contribution in [0.4, 0.5) is 4.39 Å². The average Bonchev–Trinajstić information content (AvgIpc) is 3.09. The van der Waals surface area contributed by atoms with Gasteiger partial charge in [-0.25, -0.2) is 4.39 Å². The van der Waals surface area contributed by atoms with Gasteiger partial charge in [-0.3, -0.25) is 9.59 Å². The van der Waals surface area contributed by atoms with Gasteiger partial charge in [0.1, 0.15) is 5.82 Å². The van der Waals surface area contributed by atoms with Gasteiger partial charge in [0, 0.05) is 26.4 Å². The highest BCUT2D eigenvalue weighted by molar-refractivity contribution is 5.86. The van der Waals surface area contributed by atoms with Gasteiger partial charge in [0.15, 0.2) is 5.60 Å². The second-order valence-corrected chi connectivity index (χ2v) is 7.56. The molecule has 2 heterocycles. The second kappa shape index (κ2) is 8.08. The fourth-order valence-corrected chi connectivity index (χ4v) is 3.54. The van der Waals surface area contributed by atoms with Crippen molar-refractivity contribution in [2.24, 2.45) is 5.92 Å². The molecular weight excluding hydrogens is 365 g/mol. The first-order valence-corrected chi connectivity index (χ1v) is 9.32. The standard InChI is InChI=1S/C20H24FN3O4/c1-13(25)27-20(2,3)19(26)24-10-6-7-14(12-24)11-17-22-18(23-28-17)15-8-4-5-9-16(15)21/h4-5,8-9,14H,6-7,10-12H2,1-3H3. The van der Waals surface area contributed by atoms with E-state index in [1.54, 1.807) is 36.9 Å². The van der Waals surface area contributed by atoms with E-state index in [4.69, 9.17) is 9.26 Å². The Kier molecular flexibility index (Phi) is 5.76. The number of hydrogen-bond acceptors (Lipinski definition) is 6. The van der Waals surface area contributed by atoms with Crippen molar-refractivity contribution in [3.63, 3.8) is 0 Å². The zero-order chi connectivity index (χ0) is 20.3. The summed E-state index contributed by atoms with van der Waals surface area (Å²) < 4.78 is 24.3. The minimum absolute atomic E-state index is 0.139. The lowest BCUT2D eigenvalue weighted by molar-refractivity contribution is -0.169. The molecule has 0 radical (unpaired) electrons. The lowest BCUT2D eigenvalue weighted by Gasteiger charge is -2.36. The highest BCUT2D eigenvalue weighted by atomic mass is 19.1. The van der Waals surface area contributed by atoms with E-state index in [2.05, 4.69) is 10.1 Å². The molecule has 0 bridgehead atoms. The van der Waals surface area contributed by atoms with Crippen LogP contribution in [0.5, 0.6) is 0 Å². The van der Waals surface area contributed by atoms with Gasteiger partial charge in [-0.05, 0) is 44.7 Å². The smallest absolute Gasteiger partial charge is 0.303 e. The third kappa shape index (κ3) is 4.55. The van der Waals surface area contributed by atoms with Gasteiger partial charge >= 0.3 is 5.97 Å². The van der Waals surface area contributed by atoms with E-state index in [-0.39, 0.29) is 17.6 Å². The molecule has 1 aliphatic heterocycles. The molecule has 1 fully saturated rings. The highest BCUT2D eigenvalue weighted by Crippen LogP contribution is 2.25. The lowest BCUT2D eigenvalue weighted by atomic mass is 9.93. The number of amides is 1. The van der Waals surface area contributed by atoms with Crippen LogP contribution in [0.2, 0.25) is 0 Å². The monoisotopic (exact) mass is 389 g/mol. The quantitative estimate of drug-likeness (QED) is 0.731. The van der Waals surface area contributed by atoms with Gasteiger partial charge in [-0.15, -0.1) is 0 Å². The molecule has 150 valence electrons. The van der Waals surface area contributed by atoms with Crippen molar-refractivity contribution in [3.05, 3.63) is 36.0 Å². The van der Waals surface area contributed by atoms with E-state index in [0.29, 0.717) is 31.0 Å². The summed E-state index contributed by atoms with van der Waals surface area (Å²) in [5, 5.41) is 3.87. The maximum absolute atomic E-state index is 13.9. The SMILES string of the molecule is CC(=O)OC(C)(C)C(=O)N1CCCC(Cc2nc(-c3ccccc3F)no2)C1. The van der Waals surface area contributed by atoms with E-state index >= 15 is 0 Å². The van der Waals surface area contributed by atoms with Crippen LogP contribution in [-0.2, 0) is 20.7 Å². The molecule has 0 saturated carbocycles. The molecule has 0 aliphatic carbocycles. The first kappa shape index (κ1) is 20.0. The second-order valence-electron chi connectivity index (χ2n) is 7.56. The maximum atomic E-state index is 13.9. The Labute approximate surface area is 162 Å². The number of halogens is 1. The summed E-state index contributed by atoms with van der Waals surface area (Å²) in [7, 11) is 0. The molecule has 0 spiro atoms. The summed E-state index contributed by atoms with van der Waals surface area (Å²) in [6.07, 6.45) is 2.25. The summed E-state index contributed by atoms with van der Waals surface area (Å²) in [5.74, 6) is -0.343. The van der Waals surface area contributed by atoms with Crippen molar-refractivity contribution in [2.45, 2.75) is 45.6 Å². The largest absolute Gasteiger partial charge is 0.450 e. The first-order valence-electron chi connectivity index (χ1n) is 9.32. The van der Waals surface area contributed by atoms with Gasteiger partial charge < -0.3 is 14.2 Å². The molecule has 1 atom stereocenters. The number of rotatable bonds is 5. The molecule has 1 amide bonds. The minimum Gasteiger partial charge on any atom is -0.450 e. The molecule has 1 aromatic heterocycles. The Morgan fingerprint density at radius 2 is 2.11 bits per heavy atom. The van der Waals surface area contributed by atoms with E-state index in [9.17, 15) is 14.0 Å². The summed E-state index contributed by atoms with van der Waals surface area (Å²) in [4.78, 5) is 30.0. The number of nitrogens with zero attached hydrogens (tertiary/aromatic N) is 3. The molecule has 8 heteroatoms. The maximum Gasteiger partial charge on any atom is 0.303 e. The number of carbonyl (C=O) groups excluding carboxylic acids is 2. The Hall–Kier alpha value is -2.77. The number of esters is 1. The molecule has 3 rings (SSSR count). The number of carbonyl (C=O) groups is 2. The number of ether oxygens (including phenoxy) is 1. The van der Waals surface area contributed by atoms with Crippen LogP contribution in [0.25, 0.3) is 11.4 Å². The van der Waals surface area contributed by atoms with Crippen molar-refractivity contribution >= 4 is 11.9 Å². The third-order valence-corrected chi connectivity index (χ3v) is 4.77. The van der Waals surface area contributed by atoms with Crippen LogP contribution in [0.15, 0.2) is 28.8 Å². The molecule has 1 saturated heterocycles. The van der Waals surface area contributed by atoms with Crippen molar-refractivity contribution in [3.8, 4) is 11.4 Å². The Morgan fingerprint density at radius 1 is 1.36 bits per heavy atom. The van der Waals surface area contributed by atoms with Crippen LogP contribution in [0, 0.1) is 11.7 Å². The molecule has 7 nitrogen and oxygen atoms in total. The summed E-state index contributed by atoms with van der Waals surface area (Å²) in [5.41, 5.74) is -0.906. The predicted octanol–water partition coefficient (Wildman–Crippen LogP) is 3.00. The van der Waals surface area contributed by atoms with Gasteiger partial charge in [-0.1, -0.05) is 17.3 Å². The van der Waals surface area contributed by atoms with Crippen molar-refractivity contribution in [1.29, 1.82) is 0 Å². The fraction of sp³-hybridized carbons (Fsp3) is 0.500. The lowest BCUT2D eigenvalue weighted by Crippen LogP contribution is -2.51. The predicted molar refractivity (Wildman–Crippen MR) is 98.5 cm³/mol. The normalized spacial score (nSPS) is 17.4. The molecule has 2 aromatic rings. The number of hydrogen-bond donors (Lipinski definition) is 0. The average molecular weight is 389 g/mol. The van der Waals surface area contributed by atoms with Gasteiger partial charge in [0.25, 0.3) is 5.91 Å². The number of likely N-dealkylation sites (tertiary alicyclic amines) is 1. The Balaban J connectivity index is 1.65. The van der Waals surface area contributed by atoms with Crippen molar-refractivity contribution < 1.29 is 23.2 Å². The topological polar surface area (TPSA) is 85.5 Å². The Morgan fingerprint density at radius 3 is 2.82 bits per heavy atom. The molecule has 1 aromatic carbocycles. The first-order chi connectivity index (χ1) is 13.3. The van der Waals surface area contributed by atoms with Crippen molar-refractivity contribution in [1.82, 2.24) is 15.0 Å². The van der Waals surface area contributed by atoms with Gasteiger partial charge in [0.05, 0.1) is 5.56 Å². The fourth-order valence-electron chi connectivity index (χ4n) is 3.54. The Bertz CT molecular complexity index is 865. The zero-order valence-electron chi connectivity index (χ0n) is 16.3. The van der Waals surface area contributed by atoms with Crippen LogP contribution in [-0.4, -0.2) is 45.6 Å². The molecule has 28 heavy (non-hydrogen) atoms. The number of benzene rings is 1. The van der Waals surface area contributed by atoms with Crippen LogP contribution >= 0.6 is 0 Å². The van der Waals surface area contributed by atoms with E-state index in [1.165, 1.54) is 13.0 Å². The molecule has 1 unspecified atom stereocenters. The van der Waals surface area contributed by atoms with E-state index in [1.807, 2.05) is 0 Å². The zero-order valence-corrected chi connectivity index (χ0v) is 16.3. The summed E-state index contributed by atoms with van der Waals surface area (Å²) in [6, 6.07) is 6.26.